The predicted molar refractivity (Wildman–Crippen MR) is 68.6 cm³/mol. The van der Waals surface area contributed by atoms with Crippen LogP contribution >= 0.6 is 0 Å². The number of aromatic nitrogens is 1. The molecule has 0 atom stereocenters. The first-order valence-electron chi connectivity index (χ1n) is 6.15. The van der Waals surface area contributed by atoms with Gasteiger partial charge in [-0.3, -0.25) is 0 Å². The van der Waals surface area contributed by atoms with Gasteiger partial charge in [0.05, 0.1) is 6.07 Å². The van der Waals surface area contributed by atoms with Gasteiger partial charge >= 0.3 is 0 Å². The minimum Gasteiger partial charge on any atom is -0.347 e. The van der Waals surface area contributed by atoms with Crippen molar-refractivity contribution in [1.82, 2.24) is 4.57 Å². The summed E-state index contributed by atoms with van der Waals surface area (Å²) in [5, 5.41) is 10.2. The molecule has 0 bridgehead atoms. The zero-order valence-electron chi connectivity index (χ0n) is 10.1. The highest BCUT2D eigenvalue weighted by atomic mass is 15.0. The zero-order valence-corrected chi connectivity index (χ0v) is 10.1. The van der Waals surface area contributed by atoms with E-state index in [1.807, 2.05) is 0 Å². The Hall–Kier alpha value is -1.75. The summed E-state index contributed by atoms with van der Waals surface area (Å²) in [6.45, 7) is 3.11. The van der Waals surface area contributed by atoms with Crippen molar-refractivity contribution in [3.63, 3.8) is 0 Å². The van der Waals surface area contributed by atoms with Gasteiger partial charge in [-0.15, -0.1) is 0 Å². The molecule has 1 fully saturated rings. The van der Waals surface area contributed by atoms with Crippen LogP contribution in [-0.2, 0) is 6.54 Å². The summed E-state index contributed by atoms with van der Waals surface area (Å²) in [5.41, 5.74) is 2.86. The van der Waals surface area contributed by atoms with E-state index in [9.17, 15) is 0 Å². The van der Waals surface area contributed by atoms with Gasteiger partial charge in [0.1, 0.15) is 0 Å². The molecule has 0 aliphatic heterocycles. The Morgan fingerprint density at radius 1 is 1.35 bits per heavy atom. The van der Waals surface area contributed by atoms with Gasteiger partial charge in [-0.25, -0.2) is 0 Å². The number of aryl methyl sites for hydroxylation is 1. The van der Waals surface area contributed by atoms with Crippen molar-refractivity contribution in [3.8, 4) is 6.07 Å². The van der Waals surface area contributed by atoms with Gasteiger partial charge < -0.3 is 4.57 Å². The van der Waals surface area contributed by atoms with E-state index in [-0.39, 0.29) is 5.41 Å². The summed E-state index contributed by atoms with van der Waals surface area (Å²) in [6.07, 6.45) is 5.25. The fourth-order valence-electron chi connectivity index (χ4n) is 2.55. The normalized spacial score (nSPS) is 16.9. The Morgan fingerprint density at radius 2 is 2.18 bits per heavy atom. The lowest BCUT2D eigenvalue weighted by molar-refractivity contribution is 0.440. The Bertz CT molecular complexity index is 597. The van der Waals surface area contributed by atoms with E-state index in [2.05, 4.69) is 48.0 Å². The topological polar surface area (TPSA) is 28.7 Å². The summed E-state index contributed by atoms with van der Waals surface area (Å²) < 4.78 is 2.30. The molecule has 0 amide bonds. The second-order valence-corrected chi connectivity index (χ2v) is 5.34. The van der Waals surface area contributed by atoms with E-state index in [0.717, 1.165) is 6.54 Å². The molecule has 2 heteroatoms. The second kappa shape index (κ2) is 3.63. The molecule has 2 nitrogen and oxygen atoms in total. The number of hydrogen-bond donors (Lipinski definition) is 0. The Morgan fingerprint density at radius 3 is 2.88 bits per heavy atom. The third-order valence-corrected chi connectivity index (χ3v) is 3.84. The number of benzene rings is 1. The molecule has 0 N–H and O–H groups in total. The molecule has 0 unspecified atom stereocenters. The SMILES string of the molecule is Cc1ccc2c(ccn2CC2(CC#N)CC2)c1. The van der Waals surface area contributed by atoms with Crippen LogP contribution in [0, 0.1) is 23.7 Å². The summed E-state index contributed by atoms with van der Waals surface area (Å²) in [6, 6.07) is 11.1. The predicted octanol–water partition coefficient (Wildman–Crippen LogP) is 3.64. The molecule has 1 aliphatic carbocycles. The standard InChI is InChI=1S/C15H16N2/c1-12-2-3-14-13(10-12)4-9-17(14)11-15(5-6-15)7-8-16/h2-4,9-10H,5-7,11H2,1H3. The van der Waals surface area contributed by atoms with Crippen molar-refractivity contribution in [2.24, 2.45) is 5.41 Å². The maximum atomic E-state index is 8.86. The van der Waals surface area contributed by atoms with Crippen LogP contribution < -0.4 is 0 Å². The molecule has 86 valence electrons. The van der Waals surface area contributed by atoms with E-state index < -0.39 is 0 Å². The number of nitrogens with zero attached hydrogens (tertiary/aromatic N) is 2. The number of fused-ring (bicyclic) bond motifs is 1. The van der Waals surface area contributed by atoms with E-state index in [0.29, 0.717) is 6.42 Å². The van der Waals surface area contributed by atoms with Gasteiger partial charge in [0, 0.05) is 30.1 Å². The van der Waals surface area contributed by atoms with Crippen LogP contribution in [0.2, 0.25) is 0 Å². The zero-order chi connectivity index (χ0) is 11.9. The van der Waals surface area contributed by atoms with E-state index in [4.69, 9.17) is 5.26 Å². The van der Waals surface area contributed by atoms with Crippen LogP contribution in [0.15, 0.2) is 30.5 Å². The molecule has 2 aromatic rings. The summed E-state index contributed by atoms with van der Waals surface area (Å²) in [5.74, 6) is 0. The first-order chi connectivity index (χ1) is 8.22. The average Bonchev–Trinajstić information content (AvgIpc) is 2.94. The minimum absolute atomic E-state index is 0.269. The van der Waals surface area contributed by atoms with Gasteiger partial charge in [0.2, 0.25) is 0 Å². The lowest BCUT2D eigenvalue weighted by Gasteiger charge is -2.13. The van der Waals surface area contributed by atoms with Crippen LogP contribution in [0.3, 0.4) is 0 Å². The fraction of sp³-hybridized carbons (Fsp3) is 0.400. The average molecular weight is 224 g/mol. The molecule has 1 aliphatic rings. The number of rotatable bonds is 3. The minimum atomic E-state index is 0.269. The molecular formula is C15H16N2. The van der Waals surface area contributed by atoms with Crippen LogP contribution in [0.4, 0.5) is 0 Å². The largest absolute Gasteiger partial charge is 0.347 e. The first-order valence-corrected chi connectivity index (χ1v) is 6.15. The monoisotopic (exact) mass is 224 g/mol. The maximum absolute atomic E-state index is 8.86. The van der Waals surface area contributed by atoms with E-state index >= 15 is 0 Å². The highest BCUT2D eigenvalue weighted by Crippen LogP contribution is 2.50. The van der Waals surface area contributed by atoms with Crippen molar-refractivity contribution >= 4 is 10.9 Å². The molecule has 0 spiro atoms. The highest BCUT2D eigenvalue weighted by Gasteiger charge is 2.42. The Balaban J connectivity index is 1.94. The summed E-state index contributed by atoms with van der Waals surface area (Å²) in [4.78, 5) is 0. The molecule has 1 saturated carbocycles. The quantitative estimate of drug-likeness (QED) is 0.782. The van der Waals surface area contributed by atoms with Gasteiger partial charge in [0.25, 0.3) is 0 Å². The lowest BCUT2D eigenvalue weighted by atomic mass is 10.0. The van der Waals surface area contributed by atoms with Crippen molar-refractivity contribution in [2.75, 3.05) is 0 Å². The summed E-state index contributed by atoms with van der Waals surface area (Å²) in [7, 11) is 0. The Labute approximate surface area is 101 Å². The van der Waals surface area contributed by atoms with Crippen LogP contribution in [0.1, 0.15) is 24.8 Å². The van der Waals surface area contributed by atoms with Crippen LogP contribution in [-0.4, -0.2) is 4.57 Å². The molecule has 0 saturated heterocycles. The summed E-state index contributed by atoms with van der Waals surface area (Å²) >= 11 is 0. The molecular weight excluding hydrogens is 208 g/mol. The van der Waals surface area contributed by atoms with Crippen LogP contribution in [0.25, 0.3) is 10.9 Å². The van der Waals surface area contributed by atoms with Gasteiger partial charge in [-0.1, -0.05) is 11.6 Å². The second-order valence-electron chi connectivity index (χ2n) is 5.34. The molecule has 1 heterocycles. The smallest absolute Gasteiger partial charge is 0.0628 e. The van der Waals surface area contributed by atoms with Crippen molar-refractivity contribution < 1.29 is 0 Å². The van der Waals surface area contributed by atoms with Crippen molar-refractivity contribution in [1.29, 1.82) is 5.26 Å². The third-order valence-electron chi connectivity index (χ3n) is 3.84. The molecule has 1 aromatic carbocycles. The van der Waals surface area contributed by atoms with E-state index in [1.165, 1.54) is 29.3 Å². The van der Waals surface area contributed by atoms with Crippen molar-refractivity contribution in [3.05, 3.63) is 36.0 Å². The fourth-order valence-corrected chi connectivity index (χ4v) is 2.55. The van der Waals surface area contributed by atoms with E-state index in [1.54, 1.807) is 0 Å². The van der Waals surface area contributed by atoms with Gasteiger partial charge in [0.15, 0.2) is 0 Å². The van der Waals surface area contributed by atoms with Crippen molar-refractivity contribution in [2.45, 2.75) is 32.7 Å². The van der Waals surface area contributed by atoms with Gasteiger partial charge in [-0.2, -0.15) is 5.26 Å². The van der Waals surface area contributed by atoms with Gasteiger partial charge in [-0.05, 0) is 43.4 Å². The number of hydrogen-bond acceptors (Lipinski definition) is 1. The molecule has 1 aromatic heterocycles. The third kappa shape index (κ3) is 1.82. The number of nitriles is 1. The van der Waals surface area contributed by atoms with Crippen LogP contribution in [0.5, 0.6) is 0 Å². The Kier molecular flexibility index (Phi) is 2.22. The maximum Gasteiger partial charge on any atom is 0.0628 e. The molecule has 17 heavy (non-hydrogen) atoms. The molecule has 0 radical (unpaired) electrons. The molecule has 3 rings (SSSR count). The lowest BCUT2D eigenvalue weighted by Crippen LogP contribution is -2.10. The first kappa shape index (κ1) is 10.4. The highest BCUT2D eigenvalue weighted by molar-refractivity contribution is 5.80.